The van der Waals surface area contributed by atoms with Gasteiger partial charge in [-0.2, -0.15) is 0 Å². The van der Waals surface area contributed by atoms with Crippen molar-refractivity contribution in [3.8, 4) is 0 Å². The van der Waals surface area contributed by atoms with E-state index in [4.69, 9.17) is 0 Å². The van der Waals surface area contributed by atoms with E-state index in [2.05, 4.69) is 15.3 Å². The summed E-state index contributed by atoms with van der Waals surface area (Å²) in [4.78, 5) is 22.0. The molecule has 0 saturated carbocycles. The fourth-order valence-electron chi connectivity index (χ4n) is 2.08. The number of urea groups is 1. The van der Waals surface area contributed by atoms with Crippen molar-refractivity contribution >= 4 is 17.4 Å². The quantitative estimate of drug-likeness (QED) is 0.820. The topological polar surface area (TPSA) is 39.7 Å². The number of rotatable bonds is 3. The van der Waals surface area contributed by atoms with Gasteiger partial charge in [0.1, 0.15) is 0 Å². The molecule has 2 heterocycles. The summed E-state index contributed by atoms with van der Waals surface area (Å²) >= 11 is 1.65. The van der Waals surface area contributed by atoms with Crippen LogP contribution in [0.5, 0.6) is 0 Å². The molecule has 1 aromatic rings. The first-order valence-corrected chi connectivity index (χ1v) is 7.17. The van der Waals surface area contributed by atoms with E-state index in [9.17, 15) is 4.79 Å². The van der Waals surface area contributed by atoms with Crippen molar-refractivity contribution in [2.75, 3.05) is 46.8 Å². The van der Waals surface area contributed by atoms with Gasteiger partial charge in [-0.25, -0.2) is 9.78 Å². The lowest BCUT2D eigenvalue weighted by Gasteiger charge is -2.35. The minimum absolute atomic E-state index is 0.120. The summed E-state index contributed by atoms with van der Waals surface area (Å²) in [5, 5.41) is 2.10. The van der Waals surface area contributed by atoms with Gasteiger partial charge in [0, 0.05) is 58.6 Å². The highest BCUT2D eigenvalue weighted by Crippen LogP contribution is 2.07. The van der Waals surface area contributed by atoms with Gasteiger partial charge < -0.3 is 9.80 Å². The molecule has 100 valence electrons. The third-order valence-electron chi connectivity index (χ3n) is 3.19. The SMILES string of the molecule is CN(C)C(=O)N1CCN(CCc2cscn2)CC1. The lowest BCUT2D eigenvalue weighted by molar-refractivity contribution is 0.124. The van der Waals surface area contributed by atoms with Crippen LogP contribution < -0.4 is 0 Å². The average molecular weight is 268 g/mol. The number of thiazole rings is 1. The van der Waals surface area contributed by atoms with Crippen LogP contribution in [-0.2, 0) is 6.42 Å². The van der Waals surface area contributed by atoms with Gasteiger partial charge in [0.05, 0.1) is 11.2 Å². The summed E-state index contributed by atoms with van der Waals surface area (Å²) < 4.78 is 0. The molecule has 1 aliphatic rings. The molecule has 1 aliphatic heterocycles. The molecule has 5 nitrogen and oxygen atoms in total. The molecule has 1 aromatic heterocycles. The number of hydrogen-bond acceptors (Lipinski definition) is 4. The van der Waals surface area contributed by atoms with Crippen LogP contribution in [0.15, 0.2) is 10.9 Å². The second-order valence-electron chi connectivity index (χ2n) is 4.74. The predicted octanol–water partition coefficient (Wildman–Crippen LogP) is 0.985. The molecule has 2 rings (SSSR count). The van der Waals surface area contributed by atoms with E-state index in [0.29, 0.717) is 0 Å². The molecule has 0 radical (unpaired) electrons. The Hall–Kier alpha value is -1.14. The molecule has 0 aromatic carbocycles. The number of hydrogen-bond donors (Lipinski definition) is 0. The smallest absolute Gasteiger partial charge is 0.319 e. The van der Waals surface area contributed by atoms with Crippen molar-refractivity contribution in [3.05, 3.63) is 16.6 Å². The molecule has 1 saturated heterocycles. The predicted molar refractivity (Wildman–Crippen MR) is 72.9 cm³/mol. The largest absolute Gasteiger partial charge is 0.331 e. The Balaban J connectivity index is 1.72. The van der Waals surface area contributed by atoms with Crippen LogP contribution >= 0.6 is 11.3 Å². The van der Waals surface area contributed by atoms with E-state index in [1.165, 1.54) is 5.69 Å². The van der Waals surface area contributed by atoms with Crippen LogP contribution in [-0.4, -0.2) is 72.5 Å². The number of nitrogens with zero attached hydrogens (tertiary/aromatic N) is 4. The maximum absolute atomic E-state index is 11.8. The van der Waals surface area contributed by atoms with Gasteiger partial charge >= 0.3 is 6.03 Å². The minimum Gasteiger partial charge on any atom is -0.331 e. The molecule has 6 heteroatoms. The van der Waals surface area contributed by atoms with Gasteiger partial charge in [-0.3, -0.25) is 4.90 Å². The summed E-state index contributed by atoms with van der Waals surface area (Å²) in [6.45, 7) is 4.61. The van der Waals surface area contributed by atoms with E-state index in [-0.39, 0.29) is 6.03 Å². The molecule has 0 bridgehead atoms. The zero-order valence-corrected chi connectivity index (χ0v) is 11.8. The van der Waals surface area contributed by atoms with Gasteiger partial charge in [0.2, 0.25) is 0 Å². The molecular weight excluding hydrogens is 248 g/mol. The van der Waals surface area contributed by atoms with Gasteiger partial charge in [-0.1, -0.05) is 0 Å². The van der Waals surface area contributed by atoms with Gasteiger partial charge in [-0.15, -0.1) is 11.3 Å². The van der Waals surface area contributed by atoms with Crippen molar-refractivity contribution in [2.45, 2.75) is 6.42 Å². The van der Waals surface area contributed by atoms with Crippen LogP contribution in [0.2, 0.25) is 0 Å². The second-order valence-corrected chi connectivity index (χ2v) is 5.45. The lowest BCUT2D eigenvalue weighted by atomic mass is 10.2. The molecule has 0 unspecified atom stereocenters. The number of piperazine rings is 1. The molecule has 2 amide bonds. The second kappa shape index (κ2) is 6.15. The first-order chi connectivity index (χ1) is 8.66. The third kappa shape index (κ3) is 3.43. The maximum Gasteiger partial charge on any atom is 0.319 e. The summed E-state index contributed by atoms with van der Waals surface area (Å²) in [6.07, 6.45) is 1.01. The Labute approximate surface area is 112 Å². The minimum atomic E-state index is 0.120. The number of aromatic nitrogens is 1. The van der Waals surface area contributed by atoms with E-state index in [0.717, 1.165) is 39.1 Å². The highest BCUT2D eigenvalue weighted by atomic mass is 32.1. The number of amides is 2. The Morgan fingerprint density at radius 3 is 2.67 bits per heavy atom. The van der Waals surface area contributed by atoms with Crippen LogP contribution in [0.1, 0.15) is 5.69 Å². The van der Waals surface area contributed by atoms with Crippen molar-refractivity contribution in [2.24, 2.45) is 0 Å². The average Bonchev–Trinajstić information content (AvgIpc) is 2.89. The summed E-state index contributed by atoms with van der Waals surface area (Å²) in [5.41, 5.74) is 3.05. The Morgan fingerprint density at radius 1 is 1.39 bits per heavy atom. The van der Waals surface area contributed by atoms with E-state index in [1.54, 1.807) is 30.3 Å². The molecule has 1 fully saturated rings. The normalized spacial score (nSPS) is 16.9. The van der Waals surface area contributed by atoms with Crippen molar-refractivity contribution < 1.29 is 4.79 Å². The van der Waals surface area contributed by atoms with E-state index >= 15 is 0 Å². The monoisotopic (exact) mass is 268 g/mol. The molecule has 0 aliphatic carbocycles. The van der Waals surface area contributed by atoms with E-state index < -0.39 is 0 Å². The van der Waals surface area contributed by atoms with Crippen molar-refractivity contribution in [1.29, 1.82) is 0 Å². The first-order valence-electron chi connectivity index (χ1n) is 6.22. The zero-order chi connectivity index (χ0) is 13.0. The van der Waals surface area contributed by atoms with Crippen LogP contribution in [0, 0.1) is 0 Å². The molecule has 0 spiro atoms. The van der Waals surface area contributed by atoms with Gasteiger partial charge in [-0.05, 0) is 0 Å². The highest BCUT2D eigenvalue weighted by molar-refractivity contribution is 7.07. The molecular formula is C12H20N4OS. The van der Waals surface area contributed by atoms with Crippen molar-refractivity contribution in [3.63, 3.8) is 0 Å². The fourth-order valence-corrected chi connectivity index (χ4v) is 2.67. The van der Waals surface area contributed by atoms with E-state index in [1.807, 2.05) is 10.4 Å². The Kier molecular flexibility index (Phi) is 4.54. The number of carbonyl (C=O) groups excluding carboxylic acids is 1. The van der Waals surface area contributed by atoms with Crippen molar-refractivity contribution in [1.82, 2.24) is 19.7 Å². The lowest BCUT2D eigenvalue weighted by Crippen LogP contribution is -2.51. The van der Waals surface area contributed by atoms with Crippen LogP contribution in [0.4, 0.5) is 4.79 Å². The standard InChI is InChI=1S/C12H20N4OS/c1-14(2)12(17)16-7-5-15(6-8-16)4-3-11-9-18-10-13-11/h9-10H,3-8H2,1-2H3. The maximum atomic E-state index is 11.8. The van der Waals surface area contributed by atoms with Crippen LogP contribution in [0.3, 0.4) is 0 Å². The van der Waals surface area contributed by atoms with Gasteiger partial charge in [0.25, 0.3) is 0 Å². The number of carbonyl (C=O) groups is 1. The highest BCUT2D eigenvalue weighted by Gasteiger charge is 2.21. The first kappa shape index (κ1) is 13.3. The molecule has 18 heavy (non-hydrogen) atoms. The Bertz CT molecular complexity index is 371. The van der Waals surface area contributed by atoms with Gasteiger partial charge in [0.15, 0.2) is 0 Å². The fraction of sp³-hybridized carbons (Fsp3) is 0.667. The summed E-state index contributed by atoms with van der Waals surface area (Å²) in [7, 11) is 3.61. The molecule has 0 N–H and O–H groups in total. The zero-order valence-electron chi connectivity index (χ0n) is 11.0. The van der Waals surface area contributed by atoms with Crippen LogP contribution in [0.25, 0.3) is 0 Å². The Morgan fingerprint density at radius 2 is 2.11 bits per heavy atom. The summed E-state index contributed by atoms with van der Waals surface area (Å²) in [5.74, 6) is 0. The summed E-state index contributed by atoms with van der Waals surface area (Å²) in [6, 6.07) is 0.120. The molecule has 0 atom stereocenters. The third-order valence-corrected chi connectivity index (χ3v) is 3.83.